The highest BCUT2D eigenvalue weighted by molar-refractivity contribution is 7.98. The molecule has 0 bridgehead atoms. The molecule has 1 aliphatic rings. The first-order chi connectivity index (χ1) is 15.3. The average Bonchev–Trinajstić information content (AvgIpc) is 2.70. The van der Waals surface area contributed by atoms with Gasteiger partial charge in [-0.3, -0.25) is 14.4 Å². The predicted molar refractivity (Wildman–Crippen MR) is 126 cm³/mol. The van der Waals surface area contributed by atoms with Crippen molar-refractivity contribution in [2.45, 2.75) is 44.0 Å². The van der Waals surface area contributed by atoms with Crippen molar-refractivity contribution >= 4 is 35.1 Å². The van der Waals surface area contributed by atoms with Crippen LogP contribution in [0.4, 0.5) is 11.5 Å². The molecular formula is C24H24N4O3S. The van der Waals surface area contributed by atoms with Crippen LogP contribution in [0, 0.1) is 20.8 Å². The van der Waals surface area contributed by atoms with Crippen LogP contribution in [0.15, 0.2) is 52.4 Å². The summed E-state index contributed by atoms with van der Waals surface area (Å²) in [5.74, 6) is -0.887. The maximum absolute atomic E-state index is 13.0. The minimum absolute atomic E-state index is 0.107. The van der Waals surface area contributed by atoms with Crippen molar-refractivity contribution in [1.29, 1.82) is 0 Å². The summed E-state index contributed by atoms with van der Waals surface area (Å²) in [6.07, 6.45) is -0.107. The van der Waals surface area contributed by atoms with E-state index in [1.54, 1.807) is 0 Å². The van der Waals surface area contributed by atoms with Gasteiger partial charge in [0.15, 0.2) is 5.16 Å². The normalized spacial score (nSPS) is 15.1. The minimum Gasteiger partial charge on any atom is -0.326 e. The molecule has 1 aromatic heterocycles. The van der Waals surface area contributed by atoms with E-state index in [9.17, 15) is 14.4 Å². The average molecular weight is 449 g/mol. The number of aryl methyl sites for hydroxylation is 3. The lowest BCUT2D eigenvalue weighted by atomic mass is 9.92. The molecular weight excluding hydrogens is 424 g/mol. The van der Waals surface area contributed by atoms with Crippen molar-refractivity contribution in [3.63, 3.8) is 0 Å². The van der Waals surface area contributed by atoms with Crippen molar-refractivity contribution in [1.82, 2.24) is 9.97 Å². The summed E-state index contributed by atoms with van der Waals surface area (Å²) < 4.78 is 0. The number of hydrogen-bond donors (Lipinski definition) is 3. The van der Waals surface area contributed by atoms with Crippen LogP contribution in [0.5, 0.6) is 0 Å². The fraction of sp³-hybridized carbons (Fsp3) is 0.250. The summed E-state index contributed by atoms with van der Waals surface area (Å²) in [6, 6.07) is 13.8. The lowest BCUT2D eigenvalue weighted by Crippen LogP contribution is -2.36. The lowest BCUT2D eigenvalue weighted by molar-refractivity contribution is -0.123. The van der Waals surface area contributed by atoms with E-state index >= 15 is 0 Å². The molecule has 4 rings (SSSR count). The standard InChI is InChI=1S/C24H24N4O3S/c1-13-5-4-6-16(8-13)12-32-24-27-21-20(23(31)28-24)18(11-19(29)26-21)22(30)25-17-9-14(2)7-15(3)10-17/h4-10,18H,11-12H2,1-3H3,(H,25,30)(H2,26,27,28,29,31). The summed E-state index contributed by atoms with van der Waals surface area (Å²) in [7, 11) is 0. The number of nitrogens with one attached hydrogen (secondary N) is 3. The van der Waals surface area contributed by atoms with E-state index in [-0.39, 0.29) is 23.7 Å². The molecule has 0 saturated heterocycles. The van der Waals surface area contributed by atoms with Gasteiger partial charge in [-0.25, -0.2) is 4.98 Å². The zero-order chi connectivity index (χ0) is 22.8. The number of aromatic amines is 1. The van der Waals surface area contributed by atoms with Crippen LogP contribution in [0.2, 0.25) is 0 Å². The number of benzene rings is 2. The molecule has 2 heterocycles. The van der Waals surface area contributed by atoms with Gasteiger partial charge in [-0.15, -0.1) is 0 Å². The van der Waals surface area contributed by atoms with E-state index < -0.39 is 17.4 Å². The van der Waals surface area contributed by atoms with E-state index in [2.05, 4.69) is 26.7 Å². The number of carbonyl (C=O) groups is 2. The Morgan fingerprint density at radius 1 is 1.09 bits per heavy atom. The van der Waals surface area contributed by atoms with Gasteiger partial charge in [0.05, 0.1) is 11.5 Å². The Balaban J connectivity index is 1.58. The van der Waals surface area contributed by atoms with Gasteiger partial charge in [0, 0.05) is 17.9 Å². The third-order valence-electron chi connectivity index (χ3n) is 5.19. The van der Waals surface area contributed by atoms with Crippen LogP contribution in [0.3, 0.4) is 0 Å². The molecule has 0 fully saturated rings. The number of rotatable bonds is 5. The second kappa shape index (κ2) is 9.00. The number of fused-ring (bicyclic) bond motifs is 1. The van der Waals surface area contributed by atoms with Crippen LogP contribution >= 0.6 is 11.8 Å². The molecule has 2 aromatic carbocycles. The van der Waals surface area contributed by atoms with E-state index in [1.807, 2.05) is 57.2 Å². The molecule has 8 heteroatoms. The number of carbonyl (C=O) groups excluding carboxylic acids is 2. The molecule has 1 atom stereocenters. The van der Waals surface area contributed by atoms with Crippen molar-refractivity contribution in [2.24, 2.45) is 0 Å². The van der Waals surface area contributed by atoms with Gasteiger partial charge < -0.3 is 15.6 Å². The molecule has 0 aliphatic carbocycles. The second-order valence-corrected chi connectivity index (χ2v) is 9.05. The Bertz CT molecular complexity index is 1250. The molecule has 3 aromatic rings. The van der Waals surface area contributed by atoms with E-state index in [1.165, 1.54) is 11.8 Å². The van der Waals surface area contributed by atoms with Crippen LogP contribution in [0.25, 0.3) is 0 Å². The number of hydrogen-bond acceptors (Lipinski definition) is 5. The zero-order valence-corrected chi connectivity index (χ0v) is 18.9. The van der Waals surface area contributed by atoms with Crippen molar-refractivity contribution in [3.05, 3.63) is 80.6 Å². The summed E-state index contributed by atoms with van der Waals surface area (Å²) in [6.45, 7) is 5.90. The van der Waals surface area contributed by atoms with Crippen molar-refractivity contribution < 1.29 is 9.59 Å². The summed E-state index contributed by atoms with van der Waals surface area (Å²) in [5.41, 5.74) is 4.68. The first kappa shape index (κ1) is 21.8. The van der Waals surface area contributed by atoms with E-state index in [0.29, 0.717) is 16.6 Å². The number of anilines is 2. The summed E-state index contributed by atoms with van der Waals surface area (Å²) in [5, 5.41) is 5.89. The van der Waals surface area contributed by atoms with Crippen LogP contribution in [-0.2, 0) is 15.3 Å². The molecule has 0 radical (unpaired) electrons. The quantitative estimate of drug-likeness (QED) is 0.403. The molecule has 164 valence electrons. The molecule has 1 unspecified atom stereocenters. The molecule has 0 saturated carbocycles. The molecule has 2 amide bonds. The van der Waals surface area contributed by atoms with Crippen molar-refractivity contribution in [3.8, 4) is 0 Å². The van der Waals surface area contributed by atoms with Gasteiger partial charge in [0.1, 0.15) is 5.82 Å². The lowest BCUT2D eigenvalue weighted by Gasteiger charge is -2.23. The fourth-order valence-electron chi connectivity index (χ4n) is 3.87. The topological polar surface area (TPSA) is 104 Å². The van der Waals surface area contributed by atoms with Crippen LogP contribution in [0.1, 0.15) is 40.2 Å². The number of amides is 2. The Morgan fingerprint density at radius 2 is 1.84 bits per heavy atom. The second-order valence-electron chi connectivity index (χ2n) is 8.08. The highest BCUT2D eigenvalue weighted by atomic mass is 32.2. The molecule has 7 nitrogen and oxygen atoms in total. The summed E-state index contributed by atoms with van der Waals surface area (Å²) in [4.78, 5) is 45.4. The fourth-order valence-corrected chi connectivity index (χ4v) is 4.68. The van der Waals surface area contributed by atoms with E-state index in [0.717, 1.165) is 22.3 Å². The van der Waals surface area contributed by atoms with Crippen molar-refractivity contribution in [2.75, 3.05) is 10.6 Å². The Morgan fingerprint density at radius 3 is 2.56 bits per heavy atom. The zero-order valence-electron chi connectivity index (χ0n) is 18.1. The Labute approximate surface area is 190 Å². The number of thioether (sulfide) groups is 1. The molecule has 1 aliphatic heterocycles. The Kier molecular flexibility index (Phi) is 6.14. The SMILES string of the molecule is Cc1cccc(CSc2nc3c(c(=O)[nH]2)C(C(=O)Nc2cc(C)cc(C)c2)CC(=O)N3)c1. The van der Waals surface area contributed by atoms with Gasteiger partial charge in [-0.1, -0.05) is 47.7 Å². The first-order valence-corrected chi connectivity index (χ1v) is 11.3. The molecule has 0 spiro atoms. The highest BCUT2D eigenvalue weighted by Crippen LogP contribution is 2.31. The summed E-state index contributed by atoms with van der Waals surface area (Å²) >= 11 is 1.37. The van der Waals surface area contributed by atoms with Crippen LogP contribution < -0.4 is 16.2 Å². The van der Waals surface area contributed by atoms with Gasteiger partial charge in [0.2, 0.25) is 11.8 Å². The van der Waals surface area contributed by atoms with Gasteiger partial charge in [-0.2, -0.15) is 0 Å². The van der Waals surface area contributed by atoms with Gasteiger partial charge in [-0.05, 0) is 49.6 Å². The number of aromatic nitrogens is 2. The smallest absolute Gasteiger partial charge is 0.257 e. The predicted octanol–water partition coefficient (Wildman–Crippen LogP) is 4.05. The monoisotopic (exact) mass is 448 g/mol. The number of H-pyrrole nitrogens is 1. The maximum Gasteiger partial charge on any atom is 0.257 e. The number of nitrogens with zero attached hydrogens (tertiary/aromatic N) is 1. The van der Waals surface area contributed by atoms with Gasteiger partial charge >= 0.3 is 0 Å². The third-order valence-corrected chi connectivity index (χ3v) is 6.14. The minimum atomic E-state index is -0.911. The first-order valence-electron chi connectivity index (χ1n) is 10.3. The third kappa shape index (κ3) is 4.91. The van der Waals surface area contributed by atoms with Gasteiger partial charge in [0.25, 0.3) is 5.56 Å². The van der Waals surface area contributed by atoms with E-state index in [4.69, 9.17) is 0 Å². The maximum atomic E-state index is 13.0. The molecule has 32 heavy (non-hydrogen) atoms. The molecule has 3 N–H and O–H groups in total. The largest absolute Gasteiger partial charge is 0.326 e. The Hall–Kier alpha value is -3.39. The highest BCUT2D eigenvalue weighted by Gasteiger charge is 2.34. The van der Waals surface area contributed by atoms with Crippen LogP contribution in [-0.4, -0.2) is 21.8 Å².